The van der Waals surface area contributed by atoms with E-state index in [1.54, 1.807) is 0 Å². The van der Waals surface area contributed by atoms with E-state index < -0.39 is 0 Å². The topological polar surface area (TPSA) is 32.3 Å². The molecule has 0 radical (unpaired) electrons. The van der Waals surface area contributed by atoms with Crippen molar-refractivity contribution in [1.29, 1.82) is 0 Å². The van der Waals surface area contributed by atoms with Gasteiger partial charge in [-0.25, -0.2) is 0 Å². The number of benzene rings is 1. The van der Waals surface area contributed by atoms with Gasteiger partial charge < -0.3 is 5.32 Å². The molecule has 1 fully saturated rings. The molecule has 0 bridgehead atoms. The highest BCUT2D eigenvalue weighted by Crippen LogP contribution is 2.16. The van der Waals surface area contributed by atoms with Crippen molar-refractivity contribution in [3.05, 3.63) is 34.3 Å². The lowest BCUT2D eigenvalue weighted by Gasteiger charge is -2.34. The van der Waals surface area contributed by atoms with E-state index in [0.29, 0.717) is 0 Å². The fraction of sp³-hybridized carbons (Fsp3) is 0.462. The van der Waals surface area contributed by atoms with Gasteiger partial charge in [0, 0.05) is 24.1 Å². The Labute approximate surface area is 110 Å². The number of hydrogen-bond acceptors (Lipinski definition) is 2. The monoisotopic (exact) mass is 296 g/mol. The number of rotatable bonds is 3. The lowest BCUT2D eigenvalue weighted by atomic mass is 10.1. The van der Waals surface area contributed by atoms with Gasteiger partial charge in [-0.05, 0) is 24.1 Å². The molecule has 92 valence electrons. The van der Waals surface area contributed by atoms with Crippen LogP contribution < -0.4 is 5.32 Å². The zero-order valence-electron chi connectivity index (χ0n) is 9.95. The maximum absolute atomic E-state index is 11.7. The second-order valence-corrected chi connectivity index (χ2v) is 5.23. The summed E-state index contributed by atoms with van der Waals surface area (Å²) in [5.74, 6) is 0.161. The first kappa shape index (κ1) is 12.6. The minimum absolute atomic E-state index is 0.0164. The average Bonchev–Trinajstić information content (AvgIpc) is 2.29. The zero-order valence-corrected chi connectivity index (χ0v) is 11.5. The molecule has 1 aliphatic heterocycles. The highest BCUT2D eigenvalue weighted by Gasteiger charge is 2.27. The van der Waals surface area contributed by atoms with E-state index in [2.05, 4.69) is 45.2 Å². The van der Waals surface area contributed by atoms with E-state index in [1.807, 2.05) is 12.1 Å². The van der Waals surface area contributed by atoms with Crippen LogP contribution in [0.5, 0.6) is 0 Å². The van der Waals surface area contributed by atoms with E-state index in [0.717, 1.165) is 30.5 Å². The van der Waals surface area contributed by atoms with E-state index >= 15 is 0 Å². The van der Waals surface area contributed by atoms with Gasteiger partial charge in [-0.2, -0.15) is 0 Å². The van der Waals surface area contributed by atoms with Crippen molar-refractivity contribution in [1.82, 2.24) is 10.2 Å². The summed E-state index contributed by atoms with van der Waals surface area (Å²) in [5, 5.41) is 2.92. The average molecular weight is 297 g/mol. The summed E-state index contributed by atoms with van der Waals surface area (Å²) in [6.07, 6.45) is 0.861. The number of amides is 1. The maximum atomic E-state index is 11.7. The third-order valence-corrected chi connectivity index (χ3v) is 3.60. The van der Waals surface area contributed by atoms with Gasteiger partial charge in [0.1, 0.15) is 0 Å². The first-order valence-corrected chi connectivity index (χ1v) is 6.76. The van der Waals surface area contributed by atoms with E-state index in [9.17, 15) is 4.79 Å². The van der Waals surface area contributed by atoms with Gasteiger partial charge in [0.15, 0.2) is 0 Å². The zero-order chi connectivity index (χ0) is 12.3. The molecule has 1 N–H and O–H groups in total. The number of halogens is 1. The van der Waals surface area contributed by atoms with Gasteiger partial charge in [0.05, 0.1) is 6.04 Å². The number of hydrogen-bond donors (Lipinski definition) is 1. The van der Waals surface area contributed by atoms with Crippen molar-refractivity contribution < 1.29 is 4.79 Å². The molecular weight excluding hydrogens is 280 g/mol. The van der Waals surface area contributed by atoms with Crippen LogP contribution >= 0.6 is 15.9 Å². The van der Waals surface area contributed by atoms with Crippen LogP contribution in [0.15, 0.2) is 28.7 Å². The van der Waals surface area contributed by atoms with E-state index in [1.165, 1.54) is 5.56 Å². The Morgan fingerprint density at radius 2 is 2.35 bits per heavy atom. The first-order valence-electron chi connectivity index (χ1n) is 5.97. The molecule has 3 nitrogen and oxygen atoms in total. The lowest BCUT2D eigenvalue weighted by Crippen LogP contribution is -2.54. The van der Waals surface area contributed by atoms with Crippen LogP contribution in [0, 0.1) is 0 Å². The molecule has 0 saturated carbocycles. The predicted molar refractivity (Wildman–Crippen MR) is 71.6 cm³/mol. The largest absolute Gasteiger partial charge is 0.353 e. The van der Waals surface area contributed by atoms with Crippen molar-refractivity contribution in [2.45, 2.75) is 25.9 Å². The Morgan fingerprint density at radius 1 is 1.53 bits per heavy atom. The SMILES string of the molecule is CCC1C(=O)NCCN1Cc1cccc(Br)c1. The molecule has 17 heavy (non-hydrogen) atoms. The molecule has 1 heterocycles. The van der Waals surface area contributed by atoms with Crippen LogP contribution in [-0.2, 0) is 11.3 Å². The summed E-state index contributed by atoms with van der Waals surface area (Å²) >= 11 is 3.47. The van der Waals surface area contributed by atoms with Crippen LogP contribution in [0.3, 0.4) is 0 Å². The molecule has 0 spiro atoms. The molecule has 1 aromatic rings. The standard InChI is InChI=1S/C13H17BrN2O/c1-2-12-13(17)15-6-7-16(12)9-10-4-3-5-11(14)8-10/h3-5,8,12H,2,6-7,9H2,1H3,(H,15,17). The second kappa shape index (κ2) is 5.65. The molecule has 1 aromatic carbocycles. The lowest BCUT2D eigenvalue weighted by molar-refractivity contribution is -0.129. The van der Waals surface area contributed by atoms with Crippen molar-refractivity contribution >= 4 is 21.8 Å². The highest BCUT2D eigenvalue weighted by molar-refractivity contribution is 9.10. The molecular formula is C13H17BrN2O. The molecule has 1 atom stereocenters. The molecule has 1 unspecified atom stereocenters. The quantitative estimate of drug-likeness (QED) is 0.927. The third kappa shape index (κ3) is 3.07. The molecule has 1 saturated heterocycles. The van der Waals surface area contributed by atoms with Gasteiger partial charge in [0.2, 0.25) is 5.91 Å². The number of piperazine rings is 1. The summed E-state index contributed by atoms with van der Waals surface area (Å²) in [7, 11) is 0. The van der Waals surface area contributed by atoms with Crippen molar-refractivity contribution in [3.8, 4) is 0 Å². The Morgan fingerprint density at radius 3 is 3.06 bits per heavy atom. The van der Waals surface area contributed by atoms with Gasteiger partial charge in [0.25, 0.3) is 0 Å². The number of nitrogens with one attached hydrogen (secondary N) is 1. The Bertz CT molecular complexity index is 408. The predicted octanol–water partition coefficient (Wildman–Crippen LogP) is 2.16. The van der Waals surface area contributed by atoms with E-state index in [-0.39, 0.29) is 11.9 Å². The summed E-state index contributed by atoms with van der Waals surface area (Å²) in [4.78, 5) is 14.0. The summed E-state index contributed by atoms with van der Waals surface area (Å²) < 4.78 is 1.09. The Balaban J connectivity index is 2.09. The Kier molecular flexibility index (Phi) is 4.18. The second-order valence-electron chi connectivity index (χ2n) is 4.32. The smallest absolute Gasteiger partial charge is 0.237 e. The molecule has 4 heteroatoms. The van der Waals surface area contributed by atoms with Crippen LogP contribution in [0.25, 0.3) is 0 Å². The summed E-state index contributed by atoms with van der Waals surface area (Å²) in [5.41, 5.74) is 1.24. The number of nitrogens with zero attached hydrogens (tertiary/aromatic N) is 1. The van der Waals surface area contributed by atoms with Crippen LogP contribution in [0.4, 0.5) is 0 Å². The van der Waals surface area contributed by atoms with Crippen LogP contribution in [0.1, 0.15) is 18.9 Å². The summed E-state index contributed by atoms with van der Waals surface area (Å²) in [6.45, 7) is 4.58. The fourth-order valence-corrected chi connectivity index (χ4v) is 2.71. The number of carbonyl (C=O) groups is 1. The molecule has 1 aliphatic rings. The highest BCUT2D eigenvalue weighted by atomic mass is 79.9. The first-order chi connectivity index (χ1) is 8.20. The number of carbonyl (C=O) groups excluding carboxylic acids is 1. The third-order valence-electron chi connectivity index (χ3n) is 3.10. The normalized spacial score (nSPS) is 21.3. The van der Waals surface area contributed by atoms with Crippen molar-refractivity contribution in [2.75, 3.05) is 13.1 Å². The van der Waals surface area contributed by atoms with Gasteiger partial charge in [-0.15, -0.1) is 0 Å². The maximum Gasteiger partial charge on any atom is 0.237 e. The van der Waals surface area contributed by atoms with Crippen molar-refractivity contribution in [3.63, 3.8) is 0 Å². The Hall–Kier alpha value is -0.870. The summed E-state index contributed by atoms with van der Waals surface area (Å²) in [6, 6.07) is 8.28. The van der Waals surface area contributed by atoms with Gasteiger partial charge in [-0.1, -0.05) is 35.0 Å². The minimum Gasteiger partial charge on any atom is -0.353 e. The fourth-order valence-electron chi connectivity index (χ4n) is 2.26. The molecule has 2 rings (SSSR count). The van der Waals surface area contributed by atoms with Gasteiger partial charge in [-0.3, -0.25) is 9.69 Å². The van der Waals surface area contributed by atoms with Gasteiger partial charge >= 0.3 is 0 Å². The van der Waals surface area contributed by atoms with Crippen LogP contribution in [-0.4, -0.2) is 29.9 Å². The minimum atomic E-state index is 0.0164. The van der Waals surface area contributed by atoms with E-state index in [4.69, 9.17) is 0 Å². The molecule has 0 aromatic heterocycles. The van der Waals surface area contributed by atoms with Crippen molar-refractivity contribution in [2.24, 2.45) is 0 Å². The van der Waals surface area contributed by atoms with Crippen LogP contribution in [0.2, 0.25) is 0 Å². The molecule has 1 amide bonds. The molecule has 0 aliphatic carbocycles.